The smallest absolute Gasteiger partial charge is 0.134 e. The van der Waals surface area contributed by atoms with Crippen molar-refractivity contribution in [2.45, 2.75) is 18.9 Å². The molecular weight excluding hydrogens is 316 g/mol. The summed E-state index contributed by atoms with van der Waals surface area (Å²) in [5.41, 5.74) is 2.27. The zero-order valence-corrected chi connectivity index (χ0v) is 12.8. The van der Waals surface area contributed by atoms with Gasteiger partial charge in [-0.25, -0.2) is 4.98 Å². The molecule has 1 fully saturated rings. The molecule has 2 heterocycles. The lowest BCUT2D eigenvalue weighted by molar-refractivity contribution is 0.281. The highest BCUT2D eigenvalue weighted by Gasteiger charge is 2.26. The molecule has 1 N–H and O–H groups in total. The van der Waals surface area contributed by atoms with E-state index in [2.05, 4.69) is 56.1 Å². The Bertz CT molecular complexity index is 588. The normalized spacial score (nSPS) is 18.5. The molecule has 0 aliphatic carbocycles. The third kappa shape index (κ3) is 2.72. The van der Waals surface area contributed by atoms with Crippen LogP contribution in [0.25, 0.3) is 0 Å². The quantitative estimate of drug-likeness (QED) is 0.936. The van der Waals surface area contributed by atoms with Gasteiger partial charge < -0.3 is 10.0 Å². The first-order valence-electron chi connectivity index (χ1n) is 6.83. The summed E-state index contributed by atoms with van der Waals surface area (Å²) < 4.78 is 0.907. The summed E-state index contributed by atoms with van der Waals surface area (Å²) in [7, 11) is 0. The average Bonchev–Trinajstić information content (AvgIpc) is 2.97. The number of aliphatic hydroxyl groups is 1. The van der Waals surface area contributed by atoms with Gasteiger partial charge in [0, 0.05) is 35.2 Å². The standard InChI is InChI=1S/C16H17BrN2O/c17-15-8-14(11-20)16(18-9-15)19-7-6-13(10-19)12-4-2-1-3-5-12/h1-5,8-9,13,20H,6-7,10-11H2. The van der Waals surface area contributed by atoms with Crippen LogP contribution in [0.3, 0.4) is 0 Å². The van der Waals surface area contributed by atoms with E-state index in [4.69, 9.17) is 0 Å². The van der Waals surface area contributed by atoms with Crippen molar-refractivity contribution in [3.05, 3.63) is 58.2 Å². The van der Waals surface area contributed by atoms with E-state index in [-0.39, 0.29) is 6.61 Å². The molecule has 0 spiro atoms. The molecule has 1 aliphatic rings. The van der Waals surface area contributed by atoms with E-state index in [9.17, 15) is 5.11 Å². The number of rotatable bonds is 3. The van der Waals surface area contributed by atoms with Gasteiger partial charge in [0.2, 0.25) is 0 Å². The number of halogens is 1. The molecule has 2 aromatic rings. The molecular formula is C16H17BrN2O. The van der Waals surface area contributed by atoms with Crippen LogP contribution in [0.2, 0.25) is 0 Å². The Morgan fingerprint density at radius 3 is 2.85 bits per heavy atom. The summed E-state index contributed by atoms with van der Waals surface area (Å²) >= 11 is 3.40. The fraction of sp³-hybridized carbons (Fsp3) is 0.312. The van der Waals surface area contributed by atoms with Crippen molar-refractivity contribution < 1.29 is 5.11 Å². The molecule has 1 aliphatic heterocycles. The van der Waals surface area contributed by atoms with Crippen LogP contribution in [-0.2, 0) is 6.61 Å². The van der Waals surface area contributed by atoms with Gasteiger partial charge in [-0.15, -0.1) is 0 Å². The molecule has 1 aromatic carbocycles. The number of aromatic nitrogens is 1. The predicted octanol–water partition coefficient (Wildman–Crippen LogP) is 3.33. The van der Waals surface area contributed by atoms with Crippen LogP contribution in [0, 0.1) is 0 Å². The van der Waals surface area contributed by atoms with E-state index in [0.717, 1.165) is 35.4 Å². The Balaban J connectivity index is 1.81. The number of pyridine rings is 1. The van der Waals surface area contributed by atoms with Crippen LogP contribution >= 0.6 is 15.9 Å². The summed E-state index contributed by atoms with van der Waals surface area (Å²) in [5.74, 6) is 1.46. The van der Waals surface area contributed by atoms with Crippen LogP contribution in [0.1, 0.15) is 23.5 Å². The molecule has 104 valence electrons. The zero-order valence-electron chi connectivity index (χ0n) is 11.2. The topological polar surface area (TPSA) is 36.4 Å². The van der Waals surface area contributed by atoms with Crippen LogP contribution in [0.5, 0.6) is 0 Å². The average molecular weight is 333 g/mol. The lowest BCUT2D eigenvalue weighted by Crippen LogP contribution is -2.22. The highest BCUT2D eigenvalue weighted by molar-refractivity contribution is 9.10. The SMILES string of the molecule is OCc1cc(Br)cnc1N1CCC(c2ccccc2)C1. The Morgan fingerprint density at radius 2 is 2.10 bits per heavy atom. The molecule has 0 bridgehead atoms. The molecule has 1 saturated heterocycles. The Morgan fingerprint density at radius 1 is 1.30 bits per heavy atom. The van der Waals surface area contributed by atoms with E-state index in [1.54, 1.807) is 6.20 Å². The number of benzene rings is 1. The van der Waals surface area contributed by atoms with E-state index >= 15 is 0 Å². The summed E-state index contributed by atoms with van der Waals surface area (Å²) in [4.78, 5) is 6.75. The first kappa shape index (κ1) is 13.6. The lowest BCUT2D eigenvalue weighted by Gasteiger charge is -2.20. The van der Waals surface area contributed by atoms with E-state index < -0.39 is 0 Å². The molecule has 20 heavy (non-hydrogen) atoms. The van der Waals surface area contributed by atoms with Crippen LogP contribution in [0.4, 0.5) is 5.82 Å². The first-order chi connectivity index (χ1) is 9.78. The highest BCUT2D eigenvalue weighted by atomic mass is 79.9. The molecule has 1 aromatic heterocycles. The summed E-state index contributed by atoms with van der Waals surface area (Å²) in [6.45, 7) is 1.97. The van der Waals surface area contributed by atoms with Crippen molar-refractivity contribution in [1.29, 1.82) is 0 Å². The molecule has 3 rings (SSSR count). The third-order valence-corrected chi connectivity index (χ3v) is 4.27. The fourth-order valence-electron chi connectivity index (χ4n) is 2.83. The van der Waals surface area contributed by atoms with Crippen molar-refractivity contribution in [3.8, 4) is 0 Å². The second kappa shape index (κ2) is 5.94. The largest absolute Gasteiger partial charge is 0.392 e. The van der Waals surface area contributed by atoms with E-state index in [1.807, 2.05) is 6.07 Å². The predicted molar refractivity (Wildman–Crippen MR) is 83.9 cm³/mol. The molecule has 4 heteroatoms. The van der Waals surface area contributed by atoms with Crippen molar-refractivity contribution in [3.63, 3.8) is 0 Å². The van der Waals surface area contributed by atoms with E-state index in [0.29, 0.717) is 5.92 Å². The van der Waals surface area contributed by atoms with Gasteiger partial charge in [0.1, 0.15) is 5.82 Å². The summed E-state index contributed by atoms with van der Waals surface area (Å²) in [5, 5.41) is 9.50. The van der Waals surface area contributed by atoms with Crippen molar-refractivity contribution in [2.24, 2.45) is 0 Å². The highest BCUT2D eigenvalue weighted by Crippen LogP contribution is 2.32. The molecule has 1 unspecified atom stereocenters. The summed E-state index contributed by atoms with van der Waals surface area (Å²) in [6, 6.07) is 12.6. The second-order valence-electron chi connectivity index (χ2n) is 5.14. The van der Waals surface area contributed by atoms with Gasteiger partial charge >= 0.3 is 0 Å². The second-order valence-corrected chi connectivity index (χ2v) is 6.05. The Hall–Kier alpha value is -1.39. The number of hydrogen-bond acceptors (Lipinski definition) is 3. The van der Waals surface area contributed by atoms with Crippen molar-refractivity contribution in [1.82, 2.24) is 4.98 Å². The van der Waals surface area contributed by atoms with Gasteiger partial charge in [0.15, 0.2) is 0 Å². The molecule has 3 nitrogen and oxygen atoms in total. The third-order valence-electron chi connectivity index (χ3n) is 3.84. The van der Waals surface area contributed by atoms with Gasteiger partial charge in [-0.2, -0.15) is 0 Å². The number of hydrogen-bond donors (Lipinski definition) is 1. The Labute approximate surface area is 127 Å². The Kier molecular flexibility index (Phi) is 4.03. The minimum atomic E-state index is 0.0221. The number of nitrogens with zero attached hydrogens (tertiary/aromatic N) is 2. The van der Waals surface area contributed by atoms with Crippen LogP contribution in [-0.4, -0.2) is 23.2 Å². The van der Waals surface area contributed by atoms with Gasteiger partial charge in [-0.05, 0) is 34.0 Å². The van der Waals surface area contributed by atoms with Crippen LogP contribution < -0.4 is 4.90 Å². The van der Waals surface area contributed by atoms with Crippen LogP contribution in [0.15, 0.2) is 47.1 Å². The number of anilines is 1. The summed E-state index contributed by atoms with van der Waals surface area (Å²) in [6.07, 6.45) is 2.93. The van der Waals surface area contributed by atoms with Gasteiger partial charge in [0.25, 0.3) is 0 Å². The maximum absolute atomic E-state index is 9.50. The lowest BCUT2D eigenvalue weighted by atomic mass is 9.99. The zero-order chi connectivity index (χ0) is 13.9. The van der Waals surface area contributed by atoms with Crippen molar-refractivity contribution >= 4 is 21.7 Å². The first-order valence-corrected chi connectivity index (χ1v) is 7.62. The van der Waals surface area contributed by atoms with Crippen molar-refractivity contribution in [2.75, 3.05) is 18.0 Å². The van der Waals surface area contributed by atoms with Gasteiger partial charge in [0.05, 0.1) is 6.61 Å². The molecule has 0 radical (unpaired) electrons. The van der Waals surface area contributed by atoms with E-state index in [1.165, 1.54) is 5.56 Å². The maximum Gasteiger partial charge on any atom is 0.134 e. The molecule has 1 atom stereocenters. The minimum absolute atomic E-state index is 0.0221. The molecule has 0 amide bonds. The fourth-order valence-corrected chi connectivity index (χ4v) is 3.20. The molecule has 0 saturated carbocycles. The monoisotopic (exact) mass is 332 g/mol. The number of aliphatic hydroxyl groups excluding tert-OH is 1. The minimum Gasteiger partial charge on any atom is -0.392 e. The maximum atomic E-state index is 9.50. The van der Waals surface area contributed by atoms with Gasteiger partial charge in [-0.1, -0.05) is 30.3 Å². The van der Waals surface area contributed by atoms with Gasteiger partial charge in [-0.3, -0.25) is 0 Å².